The summed E-state index contributed by atoms with van der Waals surface area (Å²) >= 11 is 5.79. The third-order valence-corrected chi connectivity index (χ3v) is 5.00. The Labute approximate surface area is 101 Å². The van der Waals surface area contributed by atoms with Crippen molar-refractivity contribution in [3.8, 4) is 0 Å². The number of hydrogen-bond donors (Lipinski definition) is 1. The van der Waals surface area contributed by atoms with Crippen LogP contribution in [-0.4, -0.2) is 26.5 Å². The highest BCUT2D eigenvalue weighted by atomic mass is 35.5. The zero-order chi connectivity index (χ0) is 11.9. The first-order valence-electron chi connectivity index (χ1n) is 5.09. The van der Waals surface area contributed by atoms with E-state index in [1.54, 1.807) is 12.1 Å². The van der Waals surface area contributed by atoms with Crippen LogP contribution in [0.1, 0.15) is 11.5 Å². The Morgan fingerprint density at radius 1 is 1.31 bits per heavy atom. The minimum Gasteiger partial charge on any atom is -0.330 e. The molecule has 0 saturated heterocycles. The zero-order valence-corrected chi connectivity index (χ0v) is 10.5. The summed E-state index contributed by atoms with van der Waals surface area (Å²) in [6.07, 6.45) is 1.27. The molecule has 1 aliphatic carbocycles. The van der Waals surface area contributed by atoms with Crippen LogP contribution in [0.4, 0.5) is 0 Å². The van der Waals surface area contributed by atoms with Crippen LogP contribution in [-0.2, 0) is 9.84 Å². The maximum absolute atomic E-state index is 11.5. The average molecular weight is 260 g/mol. The molecule has 3 atom stereocenters. The van der Waals surface area contributed by atoms with E-state index in [2.05, 4.69) is 0 Å². The van der Waals surface area contributed by atoms with Crippen molar-refractivity contribution in [2.24, 2.45) is 11.7 Å². The summed E-state index contributed by atoms with van der Waals surface area (Å²) in [6.45, 7) is 0.408. The van der Waals surface area contributed by atoms with Crippen LogP contribution in [0.2, 0.25) is 5.02 Å². The Kier molecular flexibility index (Phi) is 2.99. The smallest absolute Gasteiger partial charge is 0.151 e. The van der Waals surface area contributed by atoms with Crippen molar-refractivity contribution in [3.05, 3.63) is 34.9 Å². The average Bonchev–Trinajstić information content (AvgIpc) is 2.92. The van der Waals surface area contributed by atoms with Gasteiger partial charge in [-0.2, -0.15) is 0 Å². The van der Waals surface area contributed by atoms with Gasteiger partial charge in [0, 0.05) is 17.2 Å². The number of hydrogen-bond acceptors (Lipinski definition) is 3. The number of nitrogens with two attached hydrogens (primary N) is 1. The molecule has 0 aliphatic heterocycles. The lowest BCUT2D eigenvalue weighted by Gasteiger charge is -1.99. The molecule has 0 heterocycles. The summed E-state index contributed by atoms with van der Waals surface area (Å²) in [5.41, 5.74) is 6.60. The molecule has 3 nitrogen and oxygen atoms in total. The third-order valence-electron chi connectivity index (χ3n) is 3.12. The summed E-state index contributed by atoms with van der Waals surface area (Å²) in [4.78, 5) is 0. The topological polar surface area (TPSA) is 60.2 Å². The lowest BCUT2D eigenvalue weighted by atomic mass is 10.1. The molecule has 1 saturated carbocycles. The van der Waals surface area contributed by atoms with Gasteiger partial charge in [0.1, 0.15) is 0 Å². The molecular formula is C11H14ClNO2S. The van der Waals surface area contributed by atoms with Crippen molar-refractivity contribution >= 4 is 21.4 Å². The van der Waals surface area contributed by atoms with Gasteiger partial charge in [-0.3, -0.25) is 0 Å². The molecule has 0 radical (unpaired) electrons. The molecule has 5 heteroatoms. The maximum atomic E-state index is 11.5. The van der Waals surface area contributed by atoms with E-state index in [1.807, 2.05) is 12.1 Å². The van der Waals surface area contributed by atoms with E-state index < -0.39 is 9.84 Å². The van der Waals surface area contributed by atoms with Crippen LogP contribution in [0.3, 0.4) is 0 Å². The van der Waals surface area contributed by atoms with Crippen molar-refractivity contribution in [1.29, 1.82) is 0 Å². The van der Waals surface area contributed by atoms with Gasteiger partial charge in [-0.05, 0) is 30.2 Å². The van der Waals surface area contributed by atoms with Gasteiger partial charge in [0.05, 0.1) is 5.25 Å². The molecule has 1 fully saturated rings. The molecule has 0 bridgehead atoms. The molecule has 1 aromatic carbocycles. The minimum atomic E-state index is -3.01. The van der Waals surface area contributed by atoms with E-state index in [9.17, 15) is 8.42 Å². The van der Waals surface area contributed by atoms with Gasteiger partial charge >= 0.3 is 0 Å². The van der Waals surface area contributed by atoms with Crippen LogP contribution >= 0.6 is 11.6 Å². The Morgan fingerprint density at radius 3 is 2.25 bits per heavy atom. The highest BCUT2D eigenvalue weighted by Crippen LogP contribution is 2.51. The normalized spacial score (nSPS) is 29.1. The van der Waals surface area contributed by atoms with Crippen molar-refractivity contribution in [2.75, 3.05) is 12.8 Å². The Morgan fingerprint density at radius 2 is 1.88 bits per heavy atom. The van der Waals surface area contributed by atoms with Gasteiger partial charge in [0.15, 0.2) is 9.84 Å². The second kappa shape index (κ2) is 4.02. The third kappa shape index (κ3) is 2.10. The van der Waals surface area contributed by atoms with Gasteiger partial charge in [-0.1, -0.05) is 23.7 Å². The standard InChI is InChI=1S/C11H14ClNO2S/c1-16(14,15)11-9(6-13)10(11)7-2-4-8(12)5-3-7/h2-5,9-11H,6,13H2,1H3/t9-,10-,11-/m1/s1. The Bertz CT molecular complexity index is 483. The fraction of sp³-hybridized carbons (Fsp3) is 0.455. The fourth-order valence-electron chi connectivity index (χ4n) is 2.33. The van der Waals surface area contributed by atoms with Gasteiger partial charge in [0.25, 0.3) is 0 Å². The van der Waals surface area contributed by atoms with Crippen LogP contribution < -0.4 is 5.73 Å². The lowest BCUT2D eigenvalue weighted by molar-refractivity contribution is 0.597. The number of rotatable bonds is 3. The second-order valence-corrected chi connectivity index (χ2v) is 6.91. The van der Waals surface area contributed by atoms with Gasteiger partial charge in [0.2, 0.25) is 0 Å². The molecule has 0 unspecified atom stereocenters. The SMILES string of the molecule is CS(=O)(=O)[C@@H]1[C@H](CN)[C@H]1c1ccc(Cl)cc1. The first kappa shape index (κ1) is 11.9. The fourth-order valence-corrected chi connectivity index (χ4v) is 4.17. The van der Waals surface area contributed by atoms with E-state index >= 15 is 0 Å². The van der Waals surface area contributed by atoms with Crippen molar-refractivity contribution in [1.82, 2.24) is 0 Å². The predicted molar refractivity (Wildman–Crippen MR) is 65.4 cm³/mol. The molecule has 0 spiro atoms. The van der Waals surface area contributed by atoms with Crippen LogP contribution in [0.25, 0.3) is 0 Å². The molecule has 0 aromatic heterocycles. The second-order valence-electron chi connectivity index (χ2n) is 4.27. The predicted octanol–water partition coefficient (Wildman–Crippen LogP) is 1.43. The van der Waals surface area contributed by atoms with E-state index in [-0.39, 0.29) is 17.1 Å². The highest BCUT2D eigenvalue weighted by molar-refractivity contribution is 7.91. The zero-order valence-electron chi connectivity index (χ0n) is 8.93. The molecule has 0 amide bonds. The summed E-state index contributed by atoms with van der Waals surface area (Å²) in [5.74, 6) is 0.0912. The highest BCUT2D eigenvalue weighted by Gasteiger charge is 2.55. The molecule has 88 valence electrons. The first-order chi connectivity index (χ1) is 7.45. The summed E-state index contributed by atoms with van der Waals surface area (Å²) in [6, 6.07) is 7.31. The summed E-state index contributed by atoms with van der Waals surface area (Å²) in [7, 11) is -3.01. The molecule has 1 aromatic rings. The quantitative estimate of drug-likeness (QED) is 0.893. The summed E-state index contributed by atoms with van der Waals surface area (Å²) < 4.78 is 23.1. The van der Waals surface area contributed by atoms with Gasteiger partial charge in [-0.15, -0.1) is 0 Å². The largest absolute Gasteiger partial charge is 0.330 e. The van der Waals surface area contributed by atoms with Gasteiger partial charge in [-0.25, -0.2) is 8.42 Å². The number of sulfone groups is 1. The minimum absolute atomic E-state index is 0.0391. The first-order valence-corrected chi connectivity index (χ1v) is 7.43. The van der Waals surface area contributed by atoms with Crippen molar-refractivity contribution in [3.63, 3.8) is 0 Å². The molecule has 2 rings (SSSR count). The van der Waals surface area contributed by atoms with Crippen LogP contribution in [0, 0.1) is 5.92 Å². The Balaban J connectivity index is 2.27. The number of halogens is 1. The number of benzene rings is 1. The van der Waals surface area contributed by atoms with E-state index in [4.69, 9.17) is 17.3 Å². The summed E-state index contributed by atoms with van der Waals surface area (Å²) in [5, 5.41) is 0.336. The monoisotopic (exact) mass is 259 g/mol. The molecule has 1 aliphatic rings. The Hall–Kier alpha value is -0.580. The molecule has 2 N–H and O–H groups in total. The maximum Gasteiger partial charge on any atom is 0.151 e. The van der Waals surface area contributed by atoms with Crippen molar-refractivity contribution in [2.45, 2.75) is 11.2 Å². The lowest BCUT2D eigenvalue weighted by Crippen LogP contribution is -2.11. The van der Waals surface area contributed by atoms with Crippen molar-refractivity contribution < 1.29 is 8.42 Å². The van der Waals surface area contributed by atoms with E-state index in [0.717, 1.165) is 5.56 Å². The molecule has 16 heavy (non-hydrogen) atoms. The van der Waals surface area contributed by atoms with Gasteiger partial charge < -0.3 is 5.73 Å². The molecular weight excluding hydrogens is 246 g/mol. The van der Waals surface area contributed by atoms with E-state index in [1.165, 1.54) is 6.26 Å². The van der Waals surface area contributed by atoms with Crippen LogP contribution in [0.15, 0.2) is 24.3 Å². The van der Waals surface area contributed by atoms with Crippen LogP contribution in [0.5, 0.6) is 0 Å². The van der Waals surface area contributed by atoms with E-state index in [0.29, 0.717) is 11.6 Å².